The Morgan fingerprint density at radius 1 is 1.12 bits per heavy atom. The molecule has 1 aromatic carbocycles. The van der Waals surface area contributed by atoms with E-state index < -0.39 is 11.8 Å². The van der Waals surface area contributed by atoms with Gasteiger partial charge in [0.25, 0.3) is 11.8 Å². The molecule has 0 unspecified atom stereocenters. The summed E-state index contributed by atoms with van der Waals surface area (Å²) in [6.45, 7) is 0.133. The third-order valence-corrected chi connectivity index (χ3v) is 3.63. The van der Waals surface area contributed by atoms with Gasteiger partial charge in [0.2, 0.25) is 5.91 Å². The lowest BCUT2D eigenvalue weighted by Crippen LogP contribution is -2.44. The fraction of sp³-hybridized carbons (Fsp3) is 0.176. The molecule has 1 aliphatic heterocycles. The molecule has 128 valence electrons. The molecule has 1 aromatic heterocycles. The number of nitrogens with zero attached hydrogens (tertiary/aromatic N) is 2. The summed E-state index contributed by atoms with van der Waals surface area (Å²) in [5.74, 6) is -0.455. The van der Waals surface area contributed by atoms with Crippen molar-refractivity contribution >= 4 is 23.4 Å². The SMILES string of the molecule is O=C(CCN1C(=O)COc2ccccc21)NNC(=O)c1ccncc1. The van der Waals surface area contributed by atoms with Crippen LogP contribution in [0.5, 0.6) is 5.75 Å². The monoisotopic (exact) mass is 340 g/mol. The van der Waals surface area contributed by atoms with Crippen molar-refractivity contribution < 1.29 is 19.1 Å². The van der Waals surface area contributed by atoms with Gasteiger partial charge in [0.05, 0.1) is 5.69 Å². The van der Waals surface area contributed by atoms with Crippen LogP contribution in [0, 0.1) is 0 Å². The van der Waals surface area contributed by atoms with Gasteiger partial charge >= 0.3 is 0 Å². The molecule has 0 radical (unpaired) electrons. The molecule has 0 bridgehead atoms. The lowest BCUT2D eigenvalue weighted by Gasteiger charge is -2.29. The summed E-state index contributed by atoms with van der Waals surface area (Å²) in [5.41, 5.74) is 5.67. The molecule has 0 atom stereocenters. The number of fused-ring (bicyclic) bond motifs is 1. The number of amides is 3. The predicted molar refractivity (Wildman–Crippen MR) is 88.8 cm³/mol. The first kappa shape index (κ1) is 16.4. The van der Waals surface area contributed by atoms with Crippen LogP contribution >= 0.6 is 0 Å². The minimum atomic E-state index is -0.441. The molecule has 2 heterocycles. The molecule has 8 nitrogen and oxygen atoms in total. The smallest absolute Gasteiger partial charge is 0.269 e. The van der Waals surface area contributed by atoms with Crippen molar-refractivity contribution in [3.63, 3.8) is 0 Å². The Labute approximate surface area is 143 Å². The van der Waals surface area contributed by atoms with Crippen molar-refractivity contribution in [2.75, 3.05) is 18.1 Å². The minimum absolute atomic E-state index is 0.0384. The van der Waals surface area contributed by atoms with Gasteiger partial charge in [-0.1, -0.05) is 12.1 Å². The van der Waals surface area contributed by atoms with Crippen LogP contribution in [-0.2, 0) is 9.59 Å². The number of pyridine rings is 1. The quantitative estimate of drug-likeness (QED) is 0.796. The van der Waals surface area contributed by atoms with E-state index in [2.05, 4.69) is 15.8 Å². The molecule has 0 saturated heterocycles. The summed E-state index contributed by atoms with van der Waals surface area (Å²) in [5, 5.41) is 0. The van der Waals surface area contributed by atoms with E-state index >= 15 is 0 Å². The molecule has 0 aliphatic carbocycles. The van der Waals surface area contributed by atoms with Gasteiger partial charge in [-0.3, -0.25) is 30.2 Å². The van der Waals surface area contributed by atoms with E-state index in [0.717, 1.165) is 0 Å². The number of nitrogens with one attached hydrogen (secondary N) is 2. The molecule has 1 aliphatic rings. The fourth-order valence-electron chi connectivity index (χ4n) is 2.38. The Hall–Kier alpha value is -3.42. The Morgan fingerprint density at radius 3 is 2.68 bits per heavy atom. The molecule has 0 spiro atoms. The zero-order valence-electron chi connectivity index (χ0n) is 13.3. The predicted octanol–water partition coefficient (Wildman–Crippen LogP) is 0.658. The number of aromatic nitrogens is 1. The first-order valence-corrected chi connectivity index (χ1v) is 7.66. The molecule has 25 heavy (non-hydrogen) atoms. The van der Waals surface area contributed by atoms with E-state index in [1.807, 2.05) is 6.07 Å². The van der Waals surface area contributed by atoms with Crippen LogP contribution in [-0.4, -0.2) is 35.9 Å². The van der Waals surface area contributed by atoms with E-state index in [4.69, 9.17) is 4.74 Å². The number of hydrazine groups is 1. The highest BCUT2D eigenvalue weighted by atomic mass is 16.5. The molecule has 2 N–H and O–H groups in total. The summed E-state index contributed by atoms with van der Waals surface area (Å²) >= 11 is 0. The van der Waals surface area contributed by atoms with Gasteiger partial charge in [-0.05, 0) is 24.3 Å². The number of hydrogen-bond acceptors (Lipinski definition) is 5. The Bertz CT molecular complexity index is 794. The van der Waals surface area contributed by atoms with Gasteiger partial charge in [0.15, 0.2) is 6.61 Å². The number of para-hydroxylation sites is 2. The van der Waals surface area contributed by atoms with Crippen molar-refractivity contribution in [1.29, 1.82) is 0 Å². The Balaban J connectivity index is 1.53. The third-order valence-electron chi connectivity index (χ3n) is 3.63. The summed E-state index contributed by atoms with van der Waals surface area (Å²) in [6, 6.07) is 10.2. The average molecular weight is 340 g/mol. The lowest BCUT2D eigenvalue weighted by atomic mass is 10.2. The van der Waals surface area contributed by atoms with E-state index in [0.29, 0.717) is 17.0 Å². The van der Waals surface area contributed by atoms with Crippen LogP contribution in [0.1, 0.15) is 16.8 Å². The maximum atomic E-state index is 12.0. The standard InChI is InChI=1S/C17H16N4O4/c22-15(19-20-17(24)12-5-8-18-9-6-12)7-10-21-13-3-1-2-4-14(13)25-11-16(21)23/h1-6,8-9H,7,10-11H2,(H,19,22)(H,20,24). The second kappa shape index (κ2) is 7.43. The summed E-state index contributed by atoms with van der Waals surface area (Å²) in [6.07, 6.45) is 3.01. The van der Waals surface area contributed by atoms with Crippen LogP contribution < -0.4 is 20.5 Å². The molecular weight excluding hydrogens is 324 g/mol. The largest absolute Gasteiger partial charge is 0.482 e. The first-order chi connectivity index (χ1) is 12.1. The van der Waals surface area contributed by atoms with Crippen molar-refractivity contribution in [3.8, 4) is 5.75 Å². The average Bonchev–Trinajstić information content (AvgIpc) is 2.66. The normalized spacial score (nSPS) is 12.8. The van der Waals surface area contributed by atoms with Gasteiger partial charge in [0, 0.05) is 30.9 Å². The highest BCUT2D eigenvalue weighted by Crippen LogP contribution is 2.31. The van der Waals surface area contributed by atoms with Gasteiger partial charge in [-0.2, -0.15) is 0 Å². The van der Waals surface area contributed by atoms with Gasteiger partial charge < -0.3 is 9.64 Å². The van der Waals surface area contributed by atoms with Crippen LogP contribution in [0.25, 0.3) is 0 Å². The molecule has 3 rings (SSSR count). The number of ether oxygens (including phenoxy) is 1. The first-order valence-electron chi connectivity index (χ1n) is 7.66. The van der Waals surface area contributed by atoms with Gasteiger partial charge in [-0.15, -0.1) is 0 Å². The summed E-state index contributed by atoms with van der Waals surface area (Å²) in [7, 11) is 0. The number of benzene rings is 1. The highest BCUT2D eigenvalue weighted by Gasteiger charge is 2.25. The van der Waals surface area contributed by atoms with Crippen LogP contribution in [0.3, 0.4) is 0 Å². The summed E-state index contributed by atoms with van der Waals surface area (Å²) in [4.78, 5) is 41.1. The zero-order valence-corrected chi connectivity index (χ0v) is 13.3. The lowest BCUT2D eigenvalue weighted by molar-refractivity contribution is -0.122. The molecule has 2 aromatic rings. The van der Waals surface area contributed by atoms with Crippen molar-refractivity contribution in [3.05, 3.63) is 54.4 Å². The molecule has 3 amide bonds. The number of carbonyl (C=O) groups excluding carboxylic acids is 3. The topological polar surface area (TPSA) is 101 Å². The maximum Gasteiger partial charge on any atom is 0.269 e. The number of carbonyl (C=O) groups is 3. The second-order valence-electron chi connectivity index (χ2n) is 5.29. The van der Waals surface area contributed by atoms with Crippen LogP contribution in [0.15, 0.2) is 48.8 Å². The molecule has 8 heteroatoms. The third kappa shape index (κ3) is 3.92. The highest BCUT2D eigenvalue weighted by molar-refractivity contribution is 5.98. The molecular formula is C17H16N4O4. The van der Waals surface area contributed by atoms with Crippen molar-refractivity contribution in [2.45, 2.75) is 6.42 Å². The fourth-order valence-corrected chi connectivity index (χ4v) is 2.38. The maximum absolute atomic E-state index is 12.0. The molecule has 0 fully saturated rings. The van der Waals surface area contributed by atoms with Crippen molar-refractivity contribution in [2.24, 2.45) is 0 Å². The number of rotatable bonds is 4. The minimum Gasteiger partial charge on any atom is -0.482 e. The van der Waals surface area contributed by atoms with E-state index in [1.54, 1.807) is 18.2 Å². The Kier molecular flexibility index (Phi) is 4.89. The van der Waals surface area contributed by atoms with Crippen LogP contribution in [0.4, 0.5) is 5.69 Å². The Morgan fingerprint density at radius 2 is 1.88 bits per heavy atom. The number of hydrogen-bond donors (Lipinski definition) is 2. The molecule has 0 saturated carbocycles. The van der Waals surface area contributed by atoms with E-state index in [9.17, 15) is 14.4 Å². The van der Waals surface area contributed by atoms with E-state index in [1.165, 1.54) is 29.4 Å². The van der Waals surface area contributed by atoms with E-state index in [-0.39, 0.29) is 25.5 Å². The van der Waals surface area contributed by atoms with Crippen molar-refractivity contribution in [1.82, 2.24) is 15.8 Å². The van der Waals surface area contributed by atoms with Gasteiger partial charge in [0.1, 0.15) is 5.75 Å². The second-order valence-corrected chi connectivity index (χ2v) is 5.29. The zero-order chi connectivity index (χ0) is 17.6. The summed E-state index contributed by atoms with van der Waals surface area (Å²) < 4.78 is 5.35. The number of anilines is 1. The van der Waals surface area contributed by atoms with Crippen LogP contribution in [0.2, 0.25) is 0 Å². The van der Waals surface area contributed by atoms with Gasteiger partial charge in [-0.25, -0.2) is 0 Å².